The maximum Gasteiger partial charge on any atom is 0.245 e. The van der Waals surface area contributed by atoms with E-state index >= 15 is 0 Å². The molecule has 1 atom stereocenters. The summed E-state index contributed by atoms with van der Waals surface area (Å²) in [4.78, 5) is 25.4. The number of piperazine rings is 1. The predicted molar refractivity (Wildman–Crippen MR) is 73.5 cm³/mol. The Morgan fingerprint density at radius 2 is 2.05 bits per heavy atom. The first kappa shape index (κ1) is 14.5. The third kappa shape index (κ3) is 3.15. The third-order valence-corrected chi connectivity index (χ3v) is 3.50. The van der Waals surface area contributed by atoms with Gasteiger partial charge in [0.15, 0.2) is 0 Å². The smallest absolute Gasteiger partial charge is 0.245 e. The lowest BCUT2D eigenvalue weighted by molar-refractivity contribution is -0.145. The van der Waals surface area contributed by atoms with Crippen LogP contribution in [0.4, 0.5) is 4.39 Å². The summed E-state index contributed by atoms with van der Waals surface area (Å²) in [5, 5.41) is 2.70. The molecule has 4 nitrogen and oxygen atoms in total. The highest BCUT2D eigenvalue weighted by molar-refractivity contribution is 5.94. The van der Waals surface area contributed by atoms with Gasteiger partial charge < -0.3 is 10.2 Å². The average Bonchev–Trinajstić information content (AvgIpc) is 2.40. The highest BCUT2D eigenvalue weighted by Crippen LogP contribution is 2.13. The maximum absolute atomic E-state index is 13.5. The van der Waals surface area contributed by atoms with Crippen molar-refractivity contribution in [1.29, 1.82) is 0 Å². The van der Waals surface area contributed by atoms with Gasteiger partial charge in [0.25, 0.3) is 0 Å². The van der Waals surface area contributed by atoms with E-state index in [9.17, 15) is 14.0 Å². The predicted octanol–water partition coefficient (Wildman–Crippen LogP) is 1.35. The molecule has 1 N–H and O–H groups in total. The van der Waals surface area contributed by atoms with E-state index in [0.717, 1.165) is 0 Å². The van der Waals surface area contributed by atoms with E-state index in [1.54, 1.807) is 18.2 Å². The molecule has 1 saturated heterocycles. The second-order valence-corrected chi connectivity index (χ2v) is 5.39. The number of hydrogen-bond acceptors (Lipinski definition) is 2. The van der Waals surface area contributed by atoms with Crippen molar-refractivity contribution in [3.05, 3.63) is 35.6 Å². The molecule has 0 radical (unpaired) electrons. The summed E-state index contributed by atoms with van der Waals surface area (Å²) in [6.07, 6.45) is 0.413. The highest BCUT2D eigenvalue weighted by Gasteiger charge is 2.34. The first-order valence-corrected chi connectivity index (χ1v) is 6.80. The van der Waals surface area contributed by atoms with Gasteiger partial charge >= 0.3 is 0 Å². The number of nitrogens with one attached hydrogen (secondary N) is 1. The van der Waals surface area contributed by atoms with Gasteiger partial charge in [0.1, 0.15) is 11.9 Å². The molecule has 1 unspecified atom stereocenters. The van der Waals surface area contributed by atoms with Gasteiger partial charge in [0, 0.05) is 6.54 Å². The molecule has 1 aromatic carbocycles. The Hall–Kier alpha value is -1.91. The number of carbonyl (C=O) groups excluding carboxylic acids is 2. The SMILES string of the molecule is CC(C)C1NC(=O)CN(CCc2ccccc2F)C1=O. The molecule has 0 spiro atoms. The van der Waals surface area contributed by atoms with Gasteiger partial charge in [-0.05, 0) is 24.0 Å². The van der Waals surface area contributed by atoms with Crippen LogP contribution in [0.25, 0.3) is 0 Å². The van der Waals surface area contributed by atoms with Crippen LogP contribution < -0.4 is 5.32 Å². The molecule has 1 aromatic rings. The Bertz CT molecular complexity index is 516. The minimum atomic E-state index is -0.475. The molecule has 108 valence electrons. The molecular formula is C15H19FN2O2. The minimum Gasteiger partial charge on any atom is -0.343 e. The highest BCUT2D eigenvalue weighted by atomic mass is 19.1. The lowest BCUT2D eigenvalue weighted by Crippen LogP contribution is -2.60. The standard InChI is InChI=1S/C15H19FN2O2/c1-10(2)14-15(20)18(9-13(19)17-14)8-7-11-5-3-4-6-12(11)16/h3-6,10,14H,7-9H2,1-2H3,(H,17,19). The molecule has 0 aliphatic carbocycles. The zero-order chi connectivity index (χ0) is 14.7. The van der Waals surface area contributed by atoms with Crippen LogP contribution in [0.1, 0.15) is 19.4 Å². The lowest BCUT2D eigenvalue weighted by atomic mass is 10.0. The van der Waals surface area contributed by atoms with Crippen molar-refractivity contribution in [3.63, 3.8) is 0 Å². The van der Waals surface area contributed by atoms with Crippen LogP contribution in [0.15, 0.2) is 24.3 Å². The summed E-state index contributed by atoms with van der Waals surface area (Å²) in [6, 6.07) is 6.02. The van der Waals surface area contributed by atoms with Crippen LogP contribution in [0.2, 0.25) is 0 Å². The topological polar surface area (TPSA) is 49.4 Å². The summed E-state index contributed by atoms with van der Waals surface area (Å²) in [6.45, 7) is 4.19. The normalized spacial score (nSPS) is 19.4. The number of carbonyl (C=O) groups is 2. The lowest BCUT2D eigenvalue weighted by Gasteiger charge is -2.34. The average molecular weight is 278 g/mol. The number of benzene rings is 1. The molecular weight excluding hydrogens is 259 g/mol. The van der Waals surface area contributed by atoms with Crippen molar-refractivity contribution in [2.75, 3.05) is 13.1 Å². The Morgan fingerprint density at radius 3 is 2.70 bits per heavy atom. The first-order chi connectivity index (χ1) is 9.49. The van der Waals surface area contributed by atoms with Crippen molar-refractivity contribution >= 4 is 11.8 Å². The van der Waals surface area contributed by atoms with Crippen LogP contribution in [-0.4, -0.2) is 35.8 Å². The summed E-state index contributed by atoms with van der Waals surface area (Å²) in [5.41, 5.74) is 0.562. The number of rotatable bonds is 4. The molecule has 0 aromatic heterocycles. The maximum atomic E-state index is 13.5. The molecule has 2 amide bonds. The van der Waals surface area contributed by atoms with E-state index in [0.29, 0.717) is 18.5 Å². The minimum absolute atomic E-state index is 0.0442. The molecule has 1 aliphatic rings. The number of halogens is 1. The van der Waals surface area contributed by atoms with Gasteiger partial charge in [-0.25, -0.2) is 4.39 Å². The molecule has 0 bridgehead atoms. The Labute approximate surface area is 118 Å². The summed E-state index contributed by atoms with van der Waals surface area (Å²) in [7, 11) is 0. The van der Waals surface area contributed by atoms with Crippen molar-refractivity contribution < 1.29 is 14.0 Å². The van der Waals surface area contributed by atoms with E-state index in [4.69, 9.17) is 0 Å². The van der Waals surface area contributed by atoms with Gasteiger partial charge in [-0.2, -0.15) is 0 Å². The second-order valence-electron chi connectivity index (χ2n) is 5.39. The van der Waals surface area contributed by atoms with Crippen molar-refractivity contribution in [3.8, 4) is 0 Å². The molecule has 20 heavy (non-hydrogen) atoms. The summed E-state index contributed by atoms with van der Waals surface area (Å²) >= 11 is 0. The number of nitrogens with zero attached hydrogens (tertiary/aromatic N) is 1. The fourth-order valence-electron chi connectivity index (χ4n) is 2.33. The summed E-state index contributed by atoms with van der Waals surface area (Å²) < 4.78 is 13.5. The molecule has 1 fully saturated rings. The van der Waals surface area contributed by atoms with E-state index in [2.05, 4.69) is 5.32 Å². The van der Waals surface area contributed by atoms with E-state index in [-0.39, 0.29) is 30.1 Å². The van der Waals surface area contributed by atoms with Gasteiger partial charge in [-0.1, -0.05) is 32.0 Å². The third-order valence-electron chi connectivity index (χ3n) is 3.50. The molecule has 1 aliphatic heterocycles. The van der Waals surface area contributed by atoms with Crippen LogP contribution in [0, 0.1) is 11.7 Å². The quantitative estimate of drug-likeness (QED) is 0.904. The van der Waals surface area contributed by atoms with Crippen LogP contribution in [-0.2, 0) is 16.0 Å². The number of amides is 2. The molecule has 1 heterocycles. The fourth-order valence-corrected chi connectivity index (χ4v) is 2.33. The Kier molecular flexibility index (Phi) is 4.37. The van der Waals surface area contributed by atoms with Crippen LogP contribution in [0.3, 0.4) is 0 Å². The largest absolute Gasteiger partial charge is 0.343 e. The van der Waals surface area contributed by atoms with Crippen molar-refractivity contribution in [2.45, 2.75) is 26.3 Å². The first-order valence-electron chi connectivity index (χ1n) is 6.80. The zero-order valence-electron chi connectivity index (χ0n) is 11.7. The second kappa shape index (κ2) is 6.03. The van der Waals surface area contributed by atoms with Crippen LogP contribution in [0.5, 0.6) is 0 Å². The Morgan fingerprint density at radius 1 is 1.35 bits per heavy atom. The van der Waals surface area contributed by atoms with Crippen LogP contribution >= 0.6 is 0 Å². The van der Waals surface area contributed by atoms with Gasteiger partial charge in [0.05, 0.1) is 6.54 Å². The summed E-state index contributed by atoms with van der Waals surface area (Å²) in [5.74, 6) is -0.475. The molecule has 5 heteroatoms. The van der Waals surface area contributed by atoms with E-state index in [1.807, 2.05) is 13.8 Å². The van der Waals surface area contributed by atoms with E-state index < -0.39 is 6.04 Å². The molecule has 2 rings (SSSR count). The Balaban J connectivity index is 2.03. The van der Waals surface area contributed by atoms with Gasteiger partial charge in [-0.15, -0.1) is 0 Å². The fraction of sp³-hybridized carbons (Fsp3) is 0.467. The van der Waals surface area contributed by atoms with Crippen molar-refractivity contribution in [1.82, 2.24) is 10.2 Å². The monoisotopic (exact) mass is 278 g/mol. The zero-order valence-corrected chi connectivity index (χ0v) is 11.7. The number of hydrogen-bond donors (Lipinski definition) is 1. The van der Waals surface area contributed by atoms with Gasteiger partial charge in [0.2, 0.25) is 11.8 Å². The van der Waals surface area contributed by atoms with Crippen molar-refractivity contribution in [2.24, 2.45) is 5.92 Å². The molecule has 0 saturated carbocycles. The van der Waals surface area contributed by atoms with Gasteiger partial charge in [-0.3, -0.25) is 9.59 Å². The van der Waals surface area contributed by atoms with E-state index in [1.165, 1.54) is 11.0 Å².